The van der Waals surface area contributed by atoms with Crippen LogP contribution in [0.5, 0.6) is 28.7 Å². The standard InChI is InChI=1S/C26H23N3O6/c1-31-19-8-14-6-7-29-24(16(14)11-20(19)32-2)17(12-27)23(18(13-28)26(29)30)15-9-21(33-3)25(35-5)22(10-15)34-4/h8-11H,6-7H2,1-5H3. The Bertz CT molecular complexity index is 1450. The Balaban J connectivity index is 2.14. The van der Waals surface area contributed by atoms with Gasteiger partial charge in [-0.1, -0.05) is 0 Å². The number of ether oxygens (including phenoxy) is 5. The second-order valence-electron chi connectivity index (χ2n) is 7.68. The van der Waals surface area contributed by atoms with Gasteiger partial charge in [-0.3, -0.25) is 4.79 Å². The molecular formula is C26H23N3O6. The fourth-order valence-electron chi connectivity index (χ4n) is 4.52. The van der Waals surface area contributed by atoms with E-state index in [0.717, 1.165) is 5.56 Å². The predicted molar refractivity (Wildman–Crippen MR) is 127 cm³/mol. The van der Waals surface area contributed by atoms with E-state index in [0.29, 0.717) is 58.5 Å². The van der Waals surface area contributed by atoms with Gasteiger partial charge in [0.2, 0.25) is 5.75 Å². The molecule has 9 nitrogen and oxygen atoms in total. The predicted octanol–water partition coefficient (Wildman–Crippen LogP) is 3.52. The smallest absolute Gasteiger partial charge is 0.269 e. The molecule has 0 saturated heterocycles. The van der Waals surface area contributed by atoms with E-state index in [9.17, 15) is 15.3 Å². The second kappa shape index (κ2) is 9.32. The Morgan fingerprint density at radius 2 is 1.34 bits per heavy atom. The number of nitrogens with zero attached hydrogens (tertiary/aromatic N) is 3. The van der Waals surface area contributed by atoms with Crippen LogP contribution in [-0.2, 0) is 13.0 Å². The lowest BCUT2D eigenvalue weighted by atomic mass is 9.88. The monoisotopic (exact) mass is 473 g/mol. The fourth-order valence-corrected chi connectivity index (χ4v) is 4.52. The van der Waals surface area contributed by atoms with Crippen LogP contribution in [0.1, 0.15) is 16.7 Å². The normalized spacial score (nSPS) is 11.4. The summed E-state index contributed by atoms with van der Waals surface area (Å²) in [6.07, 6.45) is 0.530. The largest absolute Gasteiger partial charge is 0.493 e. The highest BCUT2D eigenvalue weighted by Gasteiger charge is 2.30. The SMILES string of the molecule is COc1cc2c(cc1OC)-c1c(C#N)c(-c3cc(OC)c(OC)c(OC)c3)c(C#N)c(=O)n1CC2. The molecule has 178 valence electrons. The van der Waals surface area contributed by atoms with Crippen molar-refractivity contribution >= 4 is 0 Å². The molecule has 2 aromatic carbocycles. The number of rotatable bonds is 6. The average molecular weight is 473 g/mol. The van der Waals surface area contributed by atoms with Gasteiger partial charge in [0.25, 0.3) is 5.56 Å². The number of methoxy groups -OCH3 is 5. The van der Waals surface area contributed by atoms with Crippen molar-refractivity contribution in [3.8, 4) is 63.3 Å². The molecule has 0 spiro atoms. The molecule has 9 heteroatoms. The van der Waals surface area contributed by atoms with E-state index in [1.54, 1.807) is 25.3 Å². The van der Waals surface area contributed by atoms with Crippen molar-refractivity contribution in [3.05, 3.63) is 51.3 Å². The van der Waals surface area contributed by atoms with Crippen LogP contribution < -0.4 is 29.2 Å². The summed E-state index contributed by atoms with van der Waals surface area (Å²) in [7, 11) is 7.48. The van der Waals surface area contributed by atoms with E-state index in [2.05, 4.69) is 6.07 Å². The molecule has 0 amide bonds. The lowest BCUT2D eigenvalue weighted by Crippen LogP contribution is -2.30. The number of pyridine rings is 1. The maximum atomic E-state index is 13.5. The molecule has 1 aromatic heterocycles. The molecule has 1 aliphatic rings. The van der Waals surface area contributed by atoms with Crippen LogP contribution in [0.4, 0.5) is 0 Å². The minimum absolute atomic E-state index is 0.136. The average Bonchev–Trinajstić information content (AvgIpc) is 2.90. The highest BCUT2D eigenvalue weighted by molar-refractivity contribution is 5.87. The van der Waals surface area contributed by atoms with Crippen molar-refractivity contribution in [2.75, 3.05) is 35.5 Å². The number of aromatic nitrogens is 1. The van der Waals surface area contributed by atoms with Crippen LogP contribution in [0.15, 0.2) is 29.1 Å². The molecule has 1 aliphatic heterocycles. The topological polar surface area (TPSA) is 116 Å². The van der Waals surface area contributed by atoms with Crippen molar-refractivity contribution < 1.29 is 23.7 Å². The lowest BCUT2D eigenvalue weighted by Gasteiger charge is -2.26. The Kier molecular flexibility index (Phi) is 6.26. The summed E-state index contributed by atoms with van der Waals surface area (Å²) < 4.78 is 28.7. The van der Waals surface area contributed by atoms with Crippen LogP contribution in [0, 0.1) is 22.7 Å². The van der Waals surface area contributed by atoms with E-state index in [4.69, 9.17) is 23.7 Å². The Hall–Kier alpha value is -4.63. The third-order valence-corrected chi connectivity index (χ3v) is 6.11. The third-order valence-electron chi connectivity index (χ3n) is 6.11. The lowest BCUT2D eigenvalue weighted by molar-refractivity contribution is 0.324. The minimum Gasteiger partial charge on any atom is -0.493 e. The number of fused-ring (bicyclic) bond motifs is 3. The zero-order valence-corrected chi connectivity index (χ0v) is 20.0. The summed E-state index contributed by atoms with van der Waals surface area (Å²) in [4.78, 5) is 13.5. The number of hydrogen-bond acceptors (Lipinski definition) is 8. The molecule has 0 fully saturated rings. The van der Waals surface area contributed by atoms with Crippen molar-refractivity contribution in [1.29, 1.82) is 10.5 Å². The van der Waals surface area contributed by atoms with E-state index < -0.39 is 5.56 Å². The van der Waals surface area contributed by atoms with Crippen molar-refractivity contribution in [1.82, 2.24) is 4.57 Å². The van der Waals surface area contributed by atoms with Gasteiger partial charge in [-0.25, -0.2) is 0 Å². The summed E-state index contributed by atoms with van der Waals surface area (Å²) >= 11 is 0. The molecule has 0 saturated carbocycles. The molecular weight excluding hydrogens is 450 g/mol. The van der Waals surface area contributed by atoms with Crippen LogP contribution in [-0.4, -0.2) is 40.1 Å². The summed E-state index contributed by atoms with van der Waals surface area (Å²) in [6, 6.07) is 11.1. The van der Waals surface area contributed by atoms with Gasteiger partial charge in [0.15, 0.2) is 23.0 Å². The van der Waals surface area contributed by atoms with Crippen LogP contribution in [0.25, 0.3) is 22.4 Å². The first-order valence-electron chi connectivity index (χ1n) is 10.6. The molecule has 0 unspecified atom stereocenters. The van der Waals surface area contributed by atoms with Gasteiger partial charge >= 0.3 is 0 Å². The maximum Gasteiger partial charge on any atom is 0.269 e. The number of aryl methyl sites for hydroxylation is 1. The van der Waals surface area contributed by atoms with Gasteiger partial charge in [0.1, 0.15) is 17.7 Å². The van der Waals surface area contributed by atoms with Gasteiger partial charge in [-0.05, 0) is 41.8 Å². The van der Waals surface area contributed by atoms with Crippen molar-refractivity contribution in [2.45, 2.75) is 13.0 Å². The Morgan fingerprint density at radius 3 is 1.86 bits per heavy atom. The van der Waals surface area contributed by atoms with E-state index >= 15 is 0 Å². The Labute approximate surface area is 202 Å². The van der Waals surface area contributed by atoms with Crippen molar-refractivity contribution in [2.24, 2.45) is 0 Å². The van der Waals surface area contributed by atoms with Gasteiger partial charge in [-0.15, -0.1) is 0 Å². The molecule has 3 aromatic rings. The first kappa shape index (κ1) is 23.5. The Morgan fingerprint density at radius 1 is 0.771 bits per heavy atom. The molecule has 0 atom stereocenters. The summed E-state index contributed by atoms with van der Waals surface area (Å²) in [5.74, 6) is 2.04. The first-order chi connectivity index (χ1) is 17.0. The van der Waals surface area contributed by atoms with Crippen LogP contribution >= 0.6 is 0 Å². The fraction of sp³-hybridized carbons (Fsp3) is 0.269. The molecule has 0 aliphatic carbocycles. The maximum absolute atomic E-state index is 13.5. The third kappa shape index (κ3) is 3.58. The zero-order chi connectivity index (χ0) is 25.3. The van der Waals surface area contributed by atoms with Crippen LogP contribution in [0.3, 0.4) is 0 Å². The zero-order valence-electron chi connectivity index (χ0n) is 20.0. The summed E-state index contributed by atoms with van der Waals surface area (Å²) in [5.41, 5.74) is 2.17. The van der Waals surface area contributed by atoms with Gasteiger partial charge < -0.3 is 28.3 Å². The number of nitriles is 2. The van der Waals surface area contributed by atoms with Crippen LogP contribution in [0.2, 0.25) is 0 Å². The molecule has 4 rings (SSSR count). The van der Waals surface area contributed by atoms with E-state index in [1.807, 2.05) is 12.1 Å². The number of benzene rings is 2. The van der Waals surface area contributed by atoms with Gasteiger partial charge in [-0.2, -0.15) is 10.5 Å². The minimum atomic E-state index is -0.481. The molecule has 35 heavy (non-hydrogen) atoms. The first-order valence-corrected chi connectivity index (χ1v) is 10.6. The van der Waals surface area contributed by atoms with Gasteiger partial charge in [0.05, 0.1) is 46.8 Å². The highest BCUT2D eigenvalue weighted by Crippen LogP contribution is 2.45. The molecule has 0 N–H and O–H groups in total. The van der Waals surface area contributed by atoms with E-state index in [1.165, 1.54) is 33.0 Å². The van der Waals surface area contributed by atoms with Gasteiger partial charge in [0, 0.05) is 17.7 Å². The highest BCUT2D eigenvalue weighted by atomic mass is 16.5. The van der Waals surface area contributed by atoms with E-state index in [-0.39, 0.29) is 16.7 Å². The summed E-state index contributed by atoms with van der Waals surface area (Å²) in [6.45, 7) is 0.315. The molecule has 2 heterocycles. The molecule has 0 bridgehead atoms. The summed E-state index contributed by atoms with van der Waals surface area (Å²) in [5, 5.41) is 20.3. The number of hydrogen-bond donors (Lipinski definition) is 0. The molecule has 0 radical (unpaired) electrons. The quantitative estimate of drug-likeness (QED) is 0.534. The van der Waals surface area contributed by atoms with Crippen molar-refractivity contribution in [3.63, 3.8) is 0 Å². The second-order valence-corrected chi connectivity index (χ2v) is 7.68.